The highest BCUT2D eigenvalue weighted by atomic mass is 79.9. The first-order valence-corrected chi connectivity index (χ1v) is 7.14. The zero-order chi connectivity index (χ0) is 13.0. The second-order valence-electron chi connectivity index (χ2n) is 5.28. The minimum absolute atomic E-state index is 0.197. The van der Waals surface area contributed by atoms with Gasteiger partial charge < -0.3 is 15.4 Å². The number of ether oxygens (including phenoxy) is 1. The van der Waals surface area contributed by atoms with Crippen LogP contribution in [0, 0.1) is 5.41 Å². The van der Waals surface area contributed by atoms with Gasteiger partial charge in [-0.05, 0) is 25.1 Å². The summed E-state index contributed by atoms with van der Waals surface area (Å²) in [5, 5.41) is 0. The van der Waals surface area contributed by atoms with Gasteiger partial charge in [0.05, 0.1) is 13.2 Å². The van der Waals surface area contributed by atoms with Gasteiger partial charge in [0.15, 0.2) is 0 Å². The highest BCUT2D eigenvalue weighted by molar-refractivity contribution is 9.10. The van der Waals surface area contributed by atoms with E-state index in [0.29, 0.717) is 6.54 Å². The van der Waals surface area contributed by atoms with Crippen LogP contribution in [-0.2, 0) is 11.2 Å². The molecule has 1 aliphatic rings. The molecule has 100 valence electrons. The molecule has 0 radical (unpaired) electrons. The highest BCUT2D eigenvalue weighted by Gasteiger charge is 2.37. The van der Waals surface area contributed by atoms with E-state index in [2.05, 4.69) is 46.1 Å². The maximum Gasteiger partial charge on any atom is 0.0569 e. The van der Waals surface area contributed by atoms with Gasteiger partial charge in [0, 0.05) is 29.5 Å². The van der Waals surface area contributed by atoms with E-state index >= 15 is 0 Å². The Morgan fingerprint density at radius 1 is 1.39 bits per heavy atom. The van der Waals surface area contributed by atoms with Crippen molar-refractivity contribution in [3.05, 3.63) is 34.3 Å². The van der Waals surface area contributed by atoms with E-state index < -0.39 is 0 Å². The Morgan fingerprint density at radius 3 is 2.67 bits per heavy atom. The molecule has 1 fully saturated rings. The average Bonchev–Trinajstić information content (AvgIpc) is 2.33. The van der Waals surface area contributed by atoms with Crippen LogP contribution in [0.3, 0.4) is 0 Å². The maximum absolute atomic E-state index is 5.83. The second kappa shape index (κ2) is 6.15. The third-order valence-electron chi connectivity index (χ3n) is 3.58. The standard InChI is InChI=1S/C14H21BrN2O/c1-17(9-14(8-16)10-18-11-14)7-6-12-4-2-3-5-13(12)15/h2-5H,6-11,16H2,1H3. The summed E-state index contributed by atoms with van der Waals surface area (Å²) in [5.41, 5.74) is 7.39. The van der Waals surface area contributed by atoms with Crippen molar-refractivity contribution in [3.8, 4) is 0 Å². The summed E-state index contributed by atoms with van der Waals surface area (Å²) in [6, 6.07) is 8.40. The molecule has 0 aromatic heterocycles. The van der Waals surface area contributed by atoms with Gasteiger partial charge in [-0.3, -0.25) is 0 Å². The number of halogens is 1. The normalized spacial score (nSPS) is 17.8. The molecule has 1 aromatic carbocycles. The van der Waals surface area contributed by atoms with E-state index in [1.54, 1.807) is 0 Å². The van der Waals surface area contributed by atoms with Crippen LogP contribution in [0.4, 0.5) is 0 Å². The lowest BCUT2D eigenvalue weighted by atomic mass is 9.85. The summed E-state index contributed by atoms with van der Waals surface area (Å²) in [6.07, 6.45) is 1.05. The van der Waals surface area contributed by atoms with E-state index in [0.717, 1.165) is 32.7 Å². The lowest BCUT2D eigenvalue weighted by Crippen LogP contribution is -2.54. The summed E-state index contributed by atoms with van der Waals surface area (Å²) in [4.78, 5) is 2.36. The molecule has 0 atom stereocenters. The number of rotatable bonds is 6. The van der Waals surface area contributed by atoms with Crippen molar-refractivity contribution in [1.29, 1.82) is 0 Å². The Balaban J connectivity index is 1.81. The lowest BCUT2D eigenvalue weighted by molar-refractivity contribution is -0.117. The summed E-state index contributed by atoms with van der Waals surface area (Å²) in [5.74, 6) is 0. The average molecular weight is 313 g/mol. The Kier molecular flexibility index (Phi) is 4.78. The van der Waals surface area contributed by atoms with E-state index in [9.17, 15) is 0 Å². The number of nitrogens with zero attached hydrogens (tertiary/aromatic N) is 1. The summed E-state index contributed by atoms with van der Waals surface area (Å²) >= 11 is 3.59. The molecule has 2 N–H and O–H groups in total. The van der Waals surface area contributed by atoms with Crippen LogP contribution in [0.1, 0.15) is 5.56 Å². The predicted octanol–water partition coefficient (Wildman–Crippen LogP) is 1.90. The number of hydrogen-bond donors (Lipinski definition) is 1. The fraction of sp³-hybridized carbons (Fsp3) is 0.571. The van der Waals surface area contributed by atoms with Crippen LogP contribution < -0.4 is 5.73 Å². The van der Waals surface area contributed by atoms with Crippen molar-refractivity contribution in [2.24, 2.45) is 11.1 Å². The first-order valence-electron chi connectivity index (χ1n) is 6.35. The van der Waals surface area contributed by atoms with E-state index in [-0.39, 0.29) is 5.41 Å². The molecule has 3 nitrogen and oxygen atoms in total. The molecule has 2 rings (SSSR count). The van der Waals surface area contributed by atoms with Crippen LogP contribution >= 0.6 is 15.9 Å². The molecule has 0 unspecified atom stereocenters. The Morgan fingerprint density at radius 2 is 2.11 bits per heavy atom. The first kappa shape index (κ1) is 14.0. The number of likely N-dealkylation sites (N-methyl/N-ethyl adjacent to an activating group) is 1. The maximum atomic E-state index is 5.83. The topological polar surface area (TPSA) is 38.5 Å². The second-order valence-corrected chi connectivity index (χ2v) is 6.13. The molecule has 0 aliphatic carbocycles. The van der Waals surface area contributed by atoms with Crippen molar-refractivity contribution in [2.75, 3.05) is 39.9 Å². The minimum atomic E-state index is 0.197. The van der Waals surface area contributed by atoms with E-state index in [1.165, 1.54) is 10.0 Å². The molecular weight excluding hydrogens is 292 g/mol. The largest absolute Gasteiger partial charge is 0.380 e. The van der Waals surface area contributed by atoms with Crippen molar-refractivity contribution < 1.29 is 4.74 Å². The lowest BCUT2D eigenvalue weighted by Gasteiger charge is -2.43. The number of nitrogens with two attached hydrogens (primary N) is 1. The molecule has 4 heteroatoms. The van der Waals surface area contributed by atoms with E-state index in [1.807, 2.05) is 6.07 Å². The van der Waals surface area contributed by atoms with Gasteiger partial charge in [0.2, 0.25) is 0 Å². The van der Waals surface area contributed by atoms with Gasteiger partial charge in [-0.15, -0.1) is 0 Å². The molecule has 0 bridgehead atoms. The van der Waals surface area contributed by atoms with Gasteiger partial charge in [0.25, 0.3) is 0 Å². The Labute approximate surface area is 117 Å². The van der Waals surface area contributed by atoms with Gasteiger partial charge in [-0.1, -0.05) is 34.1 Å². The first-order chi connectivity index (χ1) is 8.65. The molecular formula is C14H21BrN2O. The zero-order valence-corrected chi connectivity index (χ0v) is 12.4. The van der Waals surface area contributed by atoms with Crippen molar-refractivity contribution in [1.82, 2.24) is 4.90 Å². The van der Waals surface area contributed by atoms with Gasteiger partial charge in [-0.2, -0.15) is 0 Å². The predicted molar refractivity (Wildman–Crippen MR) is 77.6 cm³/mol. The molecule has 0 amide bonds. The third-order valence-corrected chi connectivity index (χ3v) is 4.35. The fourth-order valence-electron chi connectivity index (χ4n) is 2.33. The molecule has 1 heterocycles. The SMILES string of the molecule is CN(CCc1ccccc1Br)CC1(CN)COC1. The molecule has 1 saturated heterocycles. The van der Waals surface area contributed by atoms with Crippen LogP contribution in [0.25, 0.3) is 0 Å². The molecule has 0 spiro atoms. The van der Waals surface area contributed by atoms with Crippen LogP contribution in [0.2, 0.25) is 0 Å². The van der Waals surface area contributed by atoms with Crippen LogP contribution in [0.5, 0.6) is 0 Å². The Hall–Kier alpha value is -0.420. The van der Waals surface area contributed by atoms with E-state index in [4.69, 9.17) is 10.5 Å². The highest BCUT2D eigenvalue weighted by Crippen LogP contribution is 2.27. The number of benzene rings is 1. The Bertz CT molecular complexity index is 388. The fourth-order valence-corrected chi connectivity index (χ4v) is 2.81. The van der Waals surface area contributed by atoms with Crippen LogP contribution in [0.15, 0.2) is 28.7 Å². The minimum Gasteiger partial charge on any atom is -0.380 e. The van der Waals surface area contributed by atoms with Crippen LogP contribution in [-0.4, -0.2) is 44.8 Å². The van der Waals surface area contributed by atoms with Crippen molar-refractivity contribution >= 4 is 15.9 Å². The van der Waals surface area contributed by atoms with Gasteiger partial charge in [-0.25, -0.2) is 0 Å². The van der Waals surface area contributed by atoms with Gasteiger partial charge >= 0.3 is 0 Å². The van der Waals surface area contributed by atoms with Crippen molar-refractivity contribution in [2.45, 2.75) is 6.42 Å². The molecule has 0 saturated carbocycles. The van der Waals surface area contributed by atoms with Gasteiger partial charge in [0.1, 0.15) is 0 Å². The smallest absolute Gasteiger partial charge is 0.0569 e. The molecule has 1 aromatic rings. The summed E-state index contributed by atoms with van der Waals surface area (Å²) in [6.45, 7) is 4.40. The molecule has 18 heavy (non-hydrogen) atoms. The molecule has 1 aliphatic heterocycles. The number of hydrogen-bond acceptors (Lipinski definition) is 3. The van der Waals surface area contributed by atoms with Crippen molar-refractivity contribution in [3.63, 3.8) is 0 Å². The quantitative estimate of drug-likeness (QED) is 0.872. The monoisotopic (exact) mass is 312 g/mol. The third kappa shape index (κ3) is 3.32. The summed E-state index contributed by atoms with van der Waals surface area (Å²) < 4.78 is 6.49. The zero-order valence-electron chi connectivity index (χ0n) is 10.9. The summed E-state index contributed by atoms with van der Waals surface area (Å²) in [7, 11) is 2.16.